The first-order valence-corrected chi connectivity index (χ1v) is 8.38. The number of nitrogens with zero attached hydrogens (tertiary/aromatic N) is 4. The highest BCUT2D eigenvalue weighted by Gasteiger charge is 2.07. The second kappa shape index (κ2) is 11.5. The molecule has 0 saturated carbocycles. The van der Waals surface area contributed by atoms with Gasteiger partial charge in [-0.15, -0.1) is 24.0 Å². The third-order valence-corrected chi connectivity index (χ3v) is 3.59. The molecule has 0 fully saturated rings. The van der Waals surface area contributed by atoms with Crippen LogP contribution in [0.1, 0.15) is 22.8 Å². The number of guanidine groups is 1. The van der Waals surface area contributed by atoms with Crippen molar-refractivity contribution in [3.8, 4) is 0 Å². The first-order valence-electron chi connectivity index (χ1n) is 8.38. The van der Waals surface area contributed by atoms with Gasteiger partial charge in [0.2, 0.25) is 0 Å². The first kappa shape index (κ1) is 21.9. The first-order chi connectivity index (χ1) is 12.1. The Morgan fingerprint density at radius 3 is 2.54 bits per heavy atom. The maximum atomic E-state index is 11.9. The van der Waals surface area contributed by atoms with Crippen LogP contribution < -0.4 is 10.6 Å². The van der Waals surface area contributed by atoms with E-state index in [-0.39, 0.29) is 29.9 Å². The van der Waals surface area contributed by atoms with Gasteiger partial charge in [-0.1, -0.05) is 12.1 Å². The molecule has 2 N–H and O–H groups in total. The SMILES string of the molecule is CCNC(=NCc1ccc(C(=O)N(C)C)cc1)NCCn1ccnc1.I. The molecule has 2 rings (SSSR count). The molecule has 0 saturated heterocycles. The molecule has 0 aliphatic heterocycles. The predicted octanol–water partition coefficient (Wildman–Crippen LogP) is 1.96. The van der Waals surface area contributed by atoms with E-state index >= 15 is 0 Å². The van der Waals surface area contributed by atoms with Gasteiger partial charge in [-0.25, -0.2) is 9.98 Å². The normalized spacial score (nSPS) is 10.8. The van der Waals surface area contributed by atoms with Crippen molar-refractivity contribution in [2.45, 2.75) is 20.0 Å². The molecule has 0 aliphatic carbocycles. The lowest BCUT2D eigenvalue weighted by Gasteiger charge is -2.12. The Morgan fingerprint density at radius 1 is 1.23 bits per heavy atom. The number of carbonyl (C=O) groups is 1. The molecule has 0 spiro atoms. The molecule has 0 unspecified atom stereocenters. The van der Waals surface area contributed by atoms with Crippen molar-refractivity contribution in [3.05, 3.63) is 54.1 Å². The molecule has 0 atom stereocenters. The lowest BCUT2D eigenvalue weighted by molar-refractivity contribution is 0.0827. The average molecular weight is 470 g/mol. The molecule has 26 heavy (non-hydrogen) atoms. The third-order valence-electron chi connectivity index (χ3n) is 3.59. The van der Waals surface area contributed by atoms with E-state index < -0.39 is 0 Å². The number of nitrogens with one attached hydrogen (secondary N) is 2. The standard InChI is InChI=1S/C18H26N6O.HI/c1-4-20-18(21-10-12-24-11-9-19-14-24)22-13-15-5-7-16(8-6-15)17(25)23(2)3;/h5-9,11,14H,4,10,12-13H2,1-3H3,(H2,20,21,22);1H. The van der Waals surface area contributed by atoms with Gasteiger partial charge in [-0.3, -0.25) is 4.79 Å². The lowest BCUT2D eigenvalue weighted by Crippen LogP contribution is -2.38. The number of aromatic nitrogens is 2. The van der Waals surface area contributed by atoms with Gasteiger partial charge in [0.05, 0.1) is 12.9 Å². The molecule has 1 aromatic heterocycles. The molecule has 1 aromatic carbocycles. The Morgan fingerprint density at radius 2 is 1.96 bits per heavy atom. The number of rotatable bonds is 7. The van der Waals surface area contributed by atoms with Crippen molar-refractivity contribution in [1.82, 2.24) is 25.1 Å². The molecular formula is C18H27IN6O. The number of imidazole rings is 1. The maximum absolute atomic E-state index is 11.9. The molecular weight excluding hydrogens is 443 g/mol. The molecule has 142 valence electrons. The van der Waals surface area contributed by atoms with Crippen molar-refractivity contribution in [3.63, 3.8) is 0 Å². The van der Waals surface area contributed by atoms with Crippen molar-refractivity contribution in [2.24, 2.45) is 4.99 Å². The minimum atomic E-state index is 0. The van der Waals surface area contributed by atoms with E-state index in [0.29, 0.717) is 12.1 Å². The Hall–Kier alpha value is -2.10. The van der Waals surface area contributed by atoms with Gasteiger partial charge in [0.15, 0.2) is 5.96 Å². The summed E-state index contributed by atoms with van der Waals surface area (Å²) in [6.45, 7) is 4.98. The van der Waals surface area contributed by atoms with Gasteiger partial charge in [-0.2, -0.15) is 0 Å². The van der Waals surface area contributed by atoms with Crippen molar-refractivity contribution >= 4 is 35.8 Å². The number of carbonyl (C=O) groups excluding carboxylic acids is 1. The van der Waals surface area contributed by atoms with E-state index in [1.165, 1.54) is 0 Å². The quantitative estimate of drug-likeness (QED) is 0.369. The van der Waals surface area contributed by atoms with Crippen molar-refractivity contribution in [1.29, 1.82) is 0 Å². The van der Waals surface area contributed by atoms with Crippen LogP contribution in [0.4, 0.5) is 0 Å². The van der Waals surface area contributed by atoms with Crippen LogP contribution >= 0.6 is 24.0 Å². The van der Waals surface area contributed by atoms with Gasteiger partial charge in [0.1, 0.15) is 0 Å². The predicted molar refractivity (Wildman–Crippen MR) is 115 cm³/mol. The maximum Gasteiger partial charge on any atom is 0.253 e. The van der Waals surface area contributed by atoms with Crippen LogP contribution in [-0.4, -0.2) is 53.5 Å². The molecule has 0 aliphatic rings. The number of hydrogen-bond acceptors (Lipinski definition) is 3. The minimum absolute atomic E-state index is 0. The van der Waals surface area contributed by atoms with Crippen LogP contribution in [0.5, 0.6) is 0 Å². The monoisotopic (exact) mass is 470 g/mol. The van der Waals surface area contributed by atoms with Crippen LogP contribution in [0, 0.1) is 0 Å². The fourth-order valence-electron chi connectivity index (χ4n) is 2.25. The average Bonchev–Trinajstić information content (AvgIpc) is 3.13. The highest BCUT2D eigenvalue weighted by molar-refractivity contribution is 14.0. The minimum Gasteiger partial charge on any atom is -0.357 e. The zero-order valence-electron chi connectivity index (χ0n) is 15.5. The number of halogens is 1. The Kier molecular flexibility index (Phi) is 9.71. The van der Waals surface area contributed by atoms with Crippen LogP contribution in [0.15, 0.2) is 48.0 Å². The number of benzene rings is 1. The van der Waals surface area contributed by atoms with Crippen molar-refractivity contribution < 1.29 is 4.79 Å². The second-order valence-electron chi connectivity index (χ2n) is 5.82. The van der Waals surface area contributed by atoms with Crippen LogP contribution in [0.3, 0.4) is 0 Å². The molecule has 0 radical (unpaired) electrons. The molecule has 1 amide bonds. The number of hydrogen-bond donors (Lipinski definition) is 2. The summed E-state index contributed by atoms with van der Waals surface area (Å²) in [5, 5.41) is 6.53. The summed E-state index contributed by atoms with van der Waals surface area (Å²) in [5.74, 6) is 0.778. The van der Waals surface area contributed by atoms with Gasteiger partial charge in [0.25, 0.3) is 5.91 Å². The van der Waals surface area contributed by atoms with Crippen LogP contribution in [-0.2, 0) is 13.1 Å². The van der Waals surface area contributed by atoms with Gasteiger partial charge >= 0.3 is 0 Å². The second-order valence-corrected chi connectivity index (χ2v) is 5.82. The van der Waals surface area contributed by atoms with E-state index in [9.17, 15) is 4.79 Å². The van der Waals surface area contributed by atoms with Gasteiger partial charge in [-0.05, 0) is 24.6 Å². The van der Waals surface area contributed by atoms with Crippen molar-refractivity contribution in [2.75, 3.05) is 27.2 Å². The third kappa shape index (κ3) is 7.03. The van der Waals surface area contributed by atoms with Crippen LogP contribution in [0.2, 0.25) is 0 Å². The number of aliphatic imine (C=N–C) groups is 1. The van der Waals surface area contributed by atoms with E-state index in [4.69, 9.17) is 0 Å². The summed E-state index contributed by atoms with van der Waals surface area (Å²) < 4.78 is 2.01. The summed E-state index contributed by atoms with van der Waals surface area (Å²) in [7, 11) is 3.50. The van der Waals surface area contributed by atoms with E-state index in [1.54, 1.807) is 31.5 Å². The molecule has 7 nitrogen and oxygen atoms in total. The molecule has 8 heteroatoms. The van der Waals surface area contributed by atoms with E-state index in [1.807, 2.05) is 42.0 Å². The van der Waals surface area contributed by atoms with Gasteiger partial charge < -0.3 is 20.1 Å². The lowest BCUT2D eigenvalue weighted by atomic mass is 10.1. The highest BCUT2D eigenvalue weighted by Crippen LogP contribution is 2.07. The molecule has 2 aromatic rings. The Balaban J connectivity index is 0.00000338. The zero-order chi connectivity index (χ0) is 18.1. The van der Waals surface area contributed by atoms with E-state index in [0.717, 1.165) is 31.2 Å². The molecule has 1 heterocycles. The van der Waals surface area contributed by atoms with E-state index in [2.05, 4.69) is 20.6 Å². The van der Waals surface area contributed by atoms with Gasteiger partial charge in [0, 0.05) is 51.7 Å². The topological polar surface area (TPSA) is 74.6 Å². The summed E-state index contributed by atoms with van der Waals surface area (Å²) in [6.07, 6.45) is 5.49. The highest BCUT2D eigenvalue weighted by atomic mass is 127. The largest absolute Gasteiger partial charge is 0.357 e. The Bertz CT molecular complexity index is 682. The number of amides is 1. The Labute approximate surface area is 171 Å². The van der Waals surface area contributed by atoms with Crippen LogP contribution in [0.25, 0.3) is 0 Å². The fourth-order valence-corrected chi connectivity index (χ4v) is 2.25. The fraction of sp³-hybridized carbons (Fsp3) is 0.389. The summed E-state index contributed by atoms with van der Waals surface area (Å²) in [5.41, 5.74) is 1.74. The summed E-state index contributed by atoms with van der Waals surface area (Å²) >= 11 is 0. The summed E-state index contributed by atoms with van der Waals surface area (Å²) in [6, 6.07) is 7.56. The molecule has 0 bridgehead atoms. The zero-order valence-corrected chi connectivity index (χ0v) is 17.8. The smallest absolute Gasteiger partial charge is 0.253 e. The summed E-state index contributed by atoms with van der Waals surface area (Å²) in [4.78, 5) is 22.1.